The average molecular weight is 316 g/mol. The lowest BCUT2D eigenvalue weighted by atomic mass is 10.1. The number of ketones is 1. The first kappa shape index (κ1) is 15.6. The monoisotopic (exact) mass is 316 g/mol. The van der Waals surface area contributed by atoms with E-state index in [1.54, 1.807) is 18.2 Å². The van der Waals surface area contributed by atoms with Gasteiger partial charge >= 0.3 is 0 Å². The first-order chi connectivity index (χ1) is 11.7. The van der Waals surface area contributed by atoms with Crippen molar-refractivity contribution < 1.29 is 14.6 Å². The Bertz CT molecular complexity index is 850. The second-order valence-electron chi connectivity index (χ2n) is 5.23. The Labute approximate surface area is 140 Å². The molecule has 0 saturated heterocycles. The summed E-state index contributed by atoms with van der Waals surface area (Å²) in [6.07, 6.45) is 3.25. The normalized spacial score (nSPS) is 10.7. The van der Waals surface area contributed by atoms with Gasteiger partial charge in [0.25, 0.3) is 0 Å². The van der Waals surface area contributed by atoms with E-state index in [-0.39, 0.29) is 11.5 Å². The van der Waals surface area contributed by atoms with Crippen molar-refractivity contribution in [2.75, 3.05) is 0 Å². The summed E-state index contributed by atoms with van der Waals surface area (Å²) < 4.78 is 5.78. The smallest absolute Gasteiger partial charge is 0.185 e. The van der Waals surface area contributed by atoms with E-state index in [0.717, 1.165) is 11.3 Å². The lowest BCUT2D eigenvalue weighted by Crippen LogP contribution is -1.93. The molecule has 0 saturated carbocycles. The highest BCUT2D eigenvalue weighted by molar-refractivity contribution is 6.06. The van der Waals surface area contributed by atoms with E-state index in [1.165, 1.54) is 18.2 Å². The zero-order chi connectivity index (χ0) is 16.8. The number of benzene rings is 3. The van der Waals surface area contributed by atoms with Crippen LogP contribution in [0.2, 0.25) is 0 Å². The van der Waals surface area contributed by atoms with Crippen LogP contribution in [0.15, 0.2) is 84.9 Å². The molecule has 3 nitrogen and oxygen atoms in total. The molecule has 0 atom stereocenters. The fourth-order valence-electron chi connectivity index (χ4n) is 2.20. The number of para-hydroxylation sites is 1. The number of phenols is 1. The lowest BCUT2D eigenvalue weighted by molar-refractivity contribution is 0.104. The molecule has 0 aliphatic heterocycles. The van der Waals surface area contributed by atoms with Gasteiger partial charge in [-0.15, -0.1) is 0 Å². The van der Waals surface area contributed by atoms with Crippen molar-refractivity contribution >= 4 is 11.9 Å². The van der Waals surface area contributed by atoms with E-state index in [1.807, 2.05) is 54.6 Å². The molecule has 0 aliphatic rings. The summed E-state index contributed by atoms with van der Waals surface area (Å²) in [4.78, 5) is 12.1. The van der Waals surface area contributed by atoms with Gasteiger partial charge in [0.15, 0.2) is 5.78 Å². The molecule has 0 amide bonds. The number of hydrogen-bond acceptors (Lipinski definition) is 3. The number of ether oxygens (including phenoxy) is 1. The Balaban J connectivity index is 1.72. The molecule has 0 aromatic heterocycles. The number of carbonyl (C=O) groups is 1. The van der Waals surface area contributed by atoms with Crippen LogP contribution in [-0.4, -0.2) is 10.9 Å². The van der Waals surface area contributed by atoms with Gasteiger partial charge in [0.1, 0.15) is 17.2 Å². The van der Waals surface area contributed by atoms with Crippen molar-refractivity contribution in [2.45, 2.75) is 0 Å². The SMILES string of the molecule is O=C(/C=C\c1cccc(Oc2ccccc2)c1)c1ccc(O)cc1. The summed E-state index contributed by atoms with van der Waals surface area (Å²) in [6, 6.07) is 23.2. The number of phenolic OH excluding ortho intramolecular Hbond substituents is 1. The summed E-state index contributed by atoms with van der Waals surface area (Å²) in [5.41, 5.74) is 1.40. The predicted molar refractivity (Wildman–Crippen MR) is 94.4 cm³/mol. The Morgan fingerprint density at radius 1 is 0.833 bits per heavy atom. The molecule has 1 N–H and O–H groups in total. The number of carbonyl (C=O) groups excluding carboxylic acids is 1. The molecule has 0 fully saturated rings. The summed E-state index contributed by atoms with van der Waals surface area (Å²) in [6.45, 7) is 0. The van der Waals surface area contributed by atoms with E-state index in [9.17, 15) is 9.90 Å². The highest BCUT2D eigenvalue weighted by atomic mass is 16.5. The van der Waals surface area contributed by atoms with Crippen LogP contribution < -0.4 is 4.74 Å². The molecule has 3 rings (SSSR count). The molecule has 0 heterocycles. The highest BCUT2D eigenvalue weighted by Crippen LogP contribution is 2.22. The Hall–Kier alpha value is -3.33. The number of allylic oxidation sites excluding steroid dienone is 1. The molecular formula is C21H16O3. The van der Waals surface area contributed by atoms with E-state index in [2.05, 4.69) is 0 Å². The number of aromatic hydroxyl groups is 1. The van der Waals surface area contributed by atoms with Crippen LogP contribution in [0.25, 0.3) is 6.08 Å². The maximum atomic E-state index is 12.1. The van der Waals surface area contributed by atoms with Gasteiger partial charge < -0.3 is 9.84 Å². The second kappa shape index (κ2) is 7.29. The van der Waals surface area contributed by atoms with Crippen LogP contribution in [0, 0.1) is 0 Å². The molecule has 118 valence electrons. The summed E-state index contributed by atoms with van der Waals surface area (Å²) in [7, 11) is 0. The van der Waals surface area contributed by atoms with Crippen molar-refractivity contribution in [3.8, 4) is 17.2 Å². The van der Waals surface area contributed by atoms with Gasteiger partial charge in [-0.05, 0) is 60.2 Å². The van der Waals surface area contributed by atoms with Crippen molar-refractivity contribution in [3.05, 3.63) is 96.1 Å². The Kier molecular flexibility index (Phi) is 4.73. The van der Waals surface area contributed by atoms with Gasteiger partial charge in [-0.1, -0.05) is 36.4 Å². The summed E-state index contributed by atoms with van der Waals surface area (Å²) in [5, 5.41) is 9.25. The fourth-order valence-corrected chi connectivity index (χ4v) is 2.20. The molecule has 24 heavy (non-hydrogen) atoms. The third-order valence-electron chi connectivity index (χ3n) is 3.42. The minimum absolute atomic E-state index is 0.121. The summed E-state index contributed by atoms with van der Waals surface area (Å²) in [5.74, 6) is 1.49. The van der Waals surface area contributed by atoms with Crippen LogP contribution >= 0.6 is 0 Å². The fraction of sp³-hybridized carbons (Fsp3) is 0. The first-order valence-corrected chi connectivity index (χ1v) is 7.55. The maximum Gasteiger partial charge on any atom is 0.185 e. The molecule has 0 aliphatic carbocycles. The van der Waals surface area contributed by atoms with E-state index < -0.39 is 0 Å². The Morgan fingerprint density at radius 2 is 1.54 bits per heavy atom. The molecule has 3 aromatic rings. The van der Waals surface area contributed by atoms with Crippen LogP contribution in [0.3, 0.4) is 0 Å². The number of rotatable bonds is 5. The predicted octanol–water partition coefficient (Wildman–Crippen LogP) is 5.08. The largest absolute Gasteiger partial charge is 0.508 e. The van der Waals surface area contributed by atoms with E-state index in [0.29, 0.717) is 11.3 Å². The zero-order valence-electron chi connectivity index (χ0n) is 12.9. The molecule has 0 bridgehead atoms. The molecule has 0 radical (unpaired) electrons. The van der Waals surface area contributed by atoms with Gasteiger partial charge in [0.05, 0.1) is 0 Å². The van der Waals surface area contributed by atoms with E-state index in [4.69, 9.17) is 4.74 Å². The minimum Gasteiger partial charge on any atom is -0.508 e. The first-order valence-electron chi connectivity index (χ1n) is 7.55. The second-order valence-corrected chi connectivity index (χ2v) is 5.23. The van der Waals surface area contributed by atoms with Gasteiger partial charge in [-0.2, -0.15) is 0 Å². The summed E-state index contributed by atoms with van der Waals surface area (Å²) >= 11 is 0. The standard InChI is InChI=1S/C21H16O3/c22-18-12-10-17(11-13-18)21(23)14-9-16-5-4-8-20(15-16)24-19-6-2-1-3-7-19/h1-15,22H/b14-9-. The van der Waals surface area contributed by atoms with Gasteiger partial charge in [0, 0.05) is 5.56 Å². The Morgan fingerprint density at radius 3 is 2.29 bits per heavy atom. The quantitative estimate of drug-likeness (QED) is 0.527. The van der Waals surface area contributed by atoms with Crippen LogP contribution in [0.1, 0.15) is 15.9 Å². The molecule has 0 spiro atoms. The zero-order valence-corrected chi connectivity index (χ0v) is 12.9. The van der Waals surface area contributed by atoms with Crippen molar-refractivity contribution in [3.63, 3.8) is 0 Å². The topological polar surface area (TPSA) is 46.5 Å². The molecule has 3 heteroatoms. The average Bonchev–Trinajstić information content (AvgIpc) is 2.61. The van der Waals surface area contributed by atoms with Crippen molar-refractivity contribution in [1.29, 1.82) is 0 Å². The maximum absolute atomic E-state index is 12.1. The minimum atomic E-state index is -0.121. The third-order valence-corrected chi connectivity index (χ3v) is 3.42. The highest BCUT2D eigenvalue weighted by Gasteiger charge is 2.02. The lowest BCUT2D eigenvalue weighted by Gasteiger charge is -2.05. The molecule has 3 aromatic carbocycles. The van der Waals surface area contributed by atoms with Crippen LogP contribution in [0.4, 0.5) is 0 Å². The van der Waals surface area contributed by atoms with Crippen LogP contribution in [-0.2, 0) is 0 Å². The van der Waals surface area contributed by atoms with Gasteiger partial charge in [-0.25, -0.2) is 0 Å². The molecule has 0 unspecified atom stereocenters. The van der Waals surface area contributed by atoms with E-state index >= 15 is 0 Å². The third kappa shape index (κ3) is 4.11. The van der Waals surface area contributed by atoms with Crippen molar-refractivity contribution in [1.82, 2.24) is 0 Å². The van der Waals surface area contributed by atoms with Gasteiger partial charge in [0.2, 0.25) is 0 Å². The van der Waals surface area contributed by atoms with Gasteiger partial charge in [-0.3, -0.25) is 4.79 Å². The molecular weight excluding hydrogens is 300 g/mol. The number of hydrogen-bond donors (Lipinski definition) is 1. The van der Waals surface area contributed by atoms with Crippen molar-refractivity contribution in [2.24, 2.45) is 0 Å². The van der Waals surface area contributed by atoms with Crippen LogP contribution in [0.5, 0.6) is 17.2 Å².